The van der Waals surface area contributed by atoms with Gasteiger partial charge in [-0.25, -0.2) is 0 Å². The van der Waals surface area contributed by atoms with Crippen molar-refractivity contribution < 1.29 is 23.1 Å². The van der Waals surface area contributed by atoms with Gasteiger partial charge in [0.05, 0.1) is 17.8 Å². The number of carbonyl (C=O) groups excluding carboxylic acids is 1. The van der Waals surface area contributed by atoms with E-state index in [4.69, 9.17) is 29.9 Å². The summed E-state index contributed by atoms with van der Waals surface area (Å²) in [5.74, 6) is 1.99. The largest absolute Gasteiger partial charge is 0.459 e. The maximum atomic E-state index is 12.7. The zero-order chi connectivity index (χ0) is 20.2. The van der Waals surface area contributed by atoms with E-state index in [1.54, 1.807) is 35.2 Å². The fourth-order valence-electron chi connectivity index (χ4n) is 2.87. The predicted molar refractivity (Wildman–Crippen MR) is 104 cm³/mol. The highest BCUT2D eigenvalue weighted by Crippen LogP contribution is 2.40. The molecule has 0 aliphatic carbocycles. The molecule has 3 heterocycles. The summed E-state index contributed by atoms with van der Waals surface area (Å²) in [7, 11) is 0. The number of furan rings is 1. The third-order valence-corrected chi connectivity index (χ3v) is 4.48. The first kappa shape index (κ1) is 19.1. The summed E-state index contributed by atoms with van der Waals surface area (Å²) in [6.07, 6.45) is 5.47. The van der Waals surface area contributed by atoms with Gasteiger partial charge in [-0.3, -0.25) is 4.79 Å². The van der Waals surface area contributed by atoms with Crippen molar-refractivity contribution in [2.45, 2.75) is 19.9 Å². The van der Waals surface area contributed by atoms with Gasteiger partial charge in [-0.1, -0.05) is 18.5 Å². The topological polar surface area (TPSA) is 90.8 Å². The van der Waals surface area contributed by atoms with Crippen molar-refractivity contribution in [3.05, 3.63) is 53.1 Å². The number of nitrogens with zero attached hydrogens (tertiary/aromatic N) is 3. The van der Waals surface area contributed by atoms with Crippen LogP contribution in [-0.2, 0) is 11.3 Å². The maximum Gasteiger partial charge on any atom is 0.283 e. The number of aromatic nitrogens is 2. The Morgan fingerprint density at radius 2 is 2.21 bits per heavy atom. The lowest BCUT2D eigenvalue weighted by atomic mass is 10.2. The van der Waals surface area contributed by atoms with Gasteiger partial charge >= 0.3 is 0 Å². The molecule has 2 aromatic heterocycles. The van der Waals surface area contributed by atoms with E-state index in [9.17, 15) is 4.79 Å². The van der Waals surface area contributed by atoms with Gasteiger partial charge < -0.3 is 23.2 Å². The van der Waals surface area contributed by atoms with Gasteiger partial charge in [0.25, 0.3) is 5.89 Å². The van der Waals surface area contributed by atoms with E-state index in [1.165, 1.54) is 12.3 Å². The van der Waals surface area contributed by atoms with Crippen LogP contribution < -0.4 is 9.47 Å². The number of hydrogen-bond donors (Lipinski definition) is 0. The average molecular weight is 416 g/mol. The first-order valence-corrected chi connectivity index (χ1v) is 9.44. The van der Waals surface area contributed by atoms with E-state index in [0.717, 1.165) is 12.0 Å². The van der Waals surface area contributed by atoms with Gasteiger partial charge in [-0.2, -0.15) is 0 Å². The average Bonchev–Trinajstić information content (AvgIpc) is 3.46. The minimum absolute atomic E-state index is 0.135. The normalized spacial score (nSPS) is 12.6. The van der Waals surface area contributed by atoms with Gasteiger partial charge in [0.2, 0.25) is 18.6 Å². The Kier molecular flexibility index (Phi) is 5.53. The van der Waals surface area contributed by atoms with Gasteiger partial charge in [0, 0.05) is 12.6 Å². The lowest BCUT2D eigenvalue weighted by Crippen LogP contribution is -2.29. The lowest BCUT2D eigenvalue weighted by molar-refractivity contribution is -0.126. The molecule has 0 atom stereocenters. The van der Waals surface area contributed by atoms with Gasteiger partial charge in [-0.05, 0) is 42.3 Å². The quantitative estimate of drug-likeness (QED) is 0.535. The molecule has 0 spiro atoms. The number of halogens is 1. The summed E-state index contributed by atoms with van der Waals surface area (Å²) in [5, 5.41) is 8.40. The minimum atomic E-state index is -0.182. The van der Waals surface area contributed by atoms with Crippen molar-refractivity contribution in [3.63, 3.8) is 0 Å². The van der Waals surface area contributed by atoms with Crippen molar-refractivity contribution >= 4 is 23.6 Å². The van der Waals surface area contributed by atoms with E-state index in [1.807, 2.05) is 6.92 Å². The second-order valence-corrected chi connectivity index (χ2v) is 6.72. The van der Waals surface area contributed by atoms with Crippen LogP contribution in [0.5, 0.6) is 11.5 Å². The standard InChI is InChI=1S/C20H18ClN3O5/c1-2-7-24(11-17-22-23-20(29-17)15-4-3-8-26-15)18(25)6-5-13-9-14(21)19-16(10-13)27-12-28-19/h3-6,8-10H,2,7,11-12H2,1H3. The number of fused-ring (bicyclic) bond motifs is 1. The number of hydrogen-bond acceptors (Lipinski definition) is 7. The van der Waals surface area contributed by atoms with Gasteiger partial charge in [0.15, 0.2) is 17.3 Å². The van der Waals surface area contributed by atoms with Crippen molar-refractivity contribution in [1.82, 2.24) is 15.1 Å². The van der Waals surface area contributed by atoms with Crippen LogP contribution in [-0.4, -0.2) is 34.3 Å². The van der Waals surface area contributed by atoms with E-state index in [-0.39, 0.29) is 25.1 Å². The summed E-state index contributed by atoms with van der Waals surface area (Å²) in [5.41, 5.74) is 0.738. The molecule has 0 N–H and O–H groups in total. The Hall–Kier alpha value is -3.26. The molecule has 29 heavy (non-hydrogen) atoms. The fraction of sp³-hybridized carbons (Fsp3) is 0.250. The summed E-state index contributed by atoms with van der Waals surface area (Å²) >= 11 is 6.18. The van der Waals surface area contributed by atoms with Gasteiger partial charge in [0.1, 0.15) is 0 Å². The number of amides is 1. The molecule has 0 bridgehead atoms. The summed E-state index contributed by atoms with van der Waals surface area (Å²) < 4.78 is 21.5. The Labute approximate surface area is 171 Å². The molecule has 0 fully saturated rings. The van der Waals surface area contributed by atoms with Crippen LogP contribution >= 0.6 is 11.6 Å². The SMILES string of the molecule is CCCN(Cc1nnc(-c2ccco2)o1)C(=O)C=Cc1cc(Cl)c2c(c1)OCO2. The molecule has 1 amide bonds. The molecule has 3 aromatic rings. The van der Waals surface area contributed by atoms with Gasteiger partial charge in [-0.15, -0.1) is 10.2 Å². The Bertz CT molecular complexity index is 1030. The summed E-state index contributed by atoms with van der Waals surface area (Å²) in [4.78, 5) is 14.3. The zero-order valence-electron chi connectivity index (χ0n) is 15.6. The molecule has 0 radical (unpaired) electrons. The Balaban J connectivity index is 1.46. The molecule has 0 saturated heterocycles. The molecule has 0 saturated carbocycles. The molecule has 4 rings (SSSR count). The van der Waals surface area contributed by atoms with Crippen molar-refractivity contribution in [1.29, 1.82) is 0 Å². The molecule has 0 unspecified atom stereocenters. The smallest absolute Gasteiger partial charge is 0.283 e. The molecule has 150 valence electrons. The molecule has 8 nitrogen and oxygen atoms in total. The molecule has 1 aromatic carbocycles. The molecule has 9 heteroatoms. The van der Waals surface area contributed by atoms with Crippen LogP contribution in [0.1, 0.15) is 24.8 Å². The lowest BCUT2D eigenvalue weighted by Gasteiger charge is -2.18. The van der Waals surface area contributed by atoms with Crippen molar-refractivity contribution in [2.24, 2.45) is 0 Å². The monoisotopic (exact) mass is 415 g/mol. The third-order valence-electron chi connectivity index (χ3n) is 4.20. The van der Waals surface area contributed by atoms with Crippen molar-refractivity contribution in [3.8, 4) is 23.1 Å². The number of carbonyl (C=O) groups is 1. The molecular weight excluding hydrogens is 398 g/mol. The highest BCUT2D eigenvalue weighted by molar-refractivity contribution is 6.32. The number of benzene rings is 1. The van der Waals surface area contributed by atoms with E-state index in [2.05, 4.69) is 10.2 Å². The van der Waals surface area contributed by atoms with Crippen LogP contribution in [0.3, 0.4) is 0 Å². The highest BCUT2D eigenvalue weighted by Gasteiger charge is 2.19. The molecular formula is C20H18ClN3O5. The van der Waals surface area contributed by atoms with Crippen LogP contribution in [0.25, 0.3) is 17.7 Å². The van der Waals surface area contributed by atoms with E-state index in [0.29, 0.717) is 34.7 Å². The van der Waals surface area contributed by atoms with Crippen LogP contribution in [0.2, 0.25) is 5.02 Å². The molecule has 1 aliphatic rings. The summed E-state index contributed by atoms with van der Waals surface area (Å²) in [6.45, 7) is 2.87. The maximum absolute atomic E-state index is 12.7. The van der Waals surface area contributed by atoms with Crippen LogP contribution in [0, 0.1) is 0 Å². The van der Waals surface area contributed by atoms with Crippen LogP contribution in [0.4, 0.5) is 0 Å². The number of ether oxygens (including phenoxy) is 2. The predicted octanol–water partition coefficient (Wildman–Crippen LogP) is 4.16. The Morgan fingerprint density at radius 1 is 1.31 bits per heavy atom. The first-order chi connectivity index (χ1) is 14.1. The fourth-order valence-corrected chi connectivity index (χ4v) is 3.15. The highest BCUT2D eigenvalue weighted by atomic mass is 35.5. The third kappa shape index (κ3) is 4.27. The van der Waals surface area contributed by atoms with E-state index >= 15 is 0 Å². The second kappa shape index (κ2) is 8.40. The first-order valence-electron chi connectivity index (χ1n) is 9.06. The van der Waals surface area contributed by atoms with E-state index < -0.39 is 0 Å². The molecule has 1 aliphatic heterocycles. The Morgan fingerprint density at radius 3 is 3.00 bits per heavy atom. The van der Waals surface area contributed by atoms with Crippen molar-refractivity contribution in [2.75, 3.05) is 13.3 Å². The minimum Gasteiger partial charge on any atom is -0.459 e. The summed E-state index contributed by atoms with van der Waals surface area (Å²) in [6, 6.07) is 6.96. The zero-order valence-corrected chi connectivity index (χ0v) is 16.4. The number of rotatable bonds is 7. The van der Waals surface area contributed by atoms with Crippen LogP contribution in [0.15, 0.2) is 45.4 Å². The second-order valence-electron chi connectivity index (χ2n) is 6.31.